The van der Waals surface area contributed by atoms with Gasteiger partial charge in [-0.3, -0.25) is 14.7 Å². The predicted molar refractivity (Wildman–Crippen MR) is 85.9 cm³/mol. The first-order valence-corrected chi connectivity index (χ1v) is 7.78. The Labute approximate surface area is 134 Å². The van der Waals surface area contributed by atoms with E-state index in [2.05, 4.69) is 20.8 Å². The number of aromatic nitrogens is 2. The molecule has 0 bridgehead atoms. The van der Waals surface area contributed by atoms with Crippen molar-refractivity contribution in [3.8, 4) is 0 Å². The van der Waals surface area contributed by atoms with Gasteiger partial charge in [-0.1, -0.05) is 30.3 Å². The van der Waals surface area contributed by atoms with E-state index < -0.39 is 6.04 Å². The summed E-state index contributed by atoms with van der Waals surface area (Å²) in [5.74, 6) is -0.422. The van der Waals surface area contributed by atoms with Crippen LogP contribution in [0.4, 0.5) is 0 Å². The Kier molecular flexibility index (Phi) is 4.41. The molecule has 0 spiro atoms. The van der Waals surface area contributed by atoms with Gasteiger partial charge in [0.15, 0.2) is 0 Å². The number of nitrogens with zero attached hydrogens (tertiary/aromatic N) is 1. The summed E-state index contributed by atoms with van der Waals surface area (Å²) >= 11 is 0. The zero-order chi connectivity index (χ0) is 16.2. The fourth-order valence-electron chi connectivity index (χ4n) is 2.40. The minimum absolute atomic E-state index is 0.133. The van der Waals surface area contributed by atoms with Crippen molar-refractivity contribution in [1.82, 2.24) is 20.8 Å². The molecule has 0 saturated heterocycles. The Hall–Kier alpha value is -2.63. The van der Waals surface area contributed by atoms with Crippen molar-refractivity contribution in [1.29, 1.82) is 0 Å². The van der Waals surface area contributed by atoms with Gasteiger partial charge in [-0.25, -0.2) is 0 Å². The molecule has 2 amide bonds. The lowest BCUT2D eigenvalue weighted by Gasteiger charge is -2.18. The largest absolute Gasteiger partial charge is 0.352 e. The number of carbonyl (C=O) groups excluding carboxylic acids is 2. The first-order valence-electron chi connectivity index (χ1n) is 7.78. The van der Waals surface area contributed by atoms with E-state index in [0.29, 0.717) is 17.7 Å². The number of aryl methyl sites for hydroxylation is 1. The monoisotopic (exact) mass is 312 g/mol. The highest BCUT2D eigenvalue weighted by Crippen LogP contribution is 2.19. The van der Waals surface area contributed by atoms with E-state index in [4.69, 9.17) is 0 Å². The minimum atomic E-state index is -0.597. The molecule has 2 aromatic rings. The number of aromatic amines is 1. The standard InChI is InChI=1S/C17H20N4O2/c1-11-14(10-18-21-11)16(22)20-15(17(23)19-13-7-8-13)9-12-5-3-2-4-6-12/h2-6,10,13,15H,7-9H2,1H3,(H,18,21)(H,19,23)(H,20,22)/t15-/m0/s1. The SMILES string of the molecule is Cc1[nH]ncc1C(=O)N[C@@H](Cc1ccccc1)C(=O)NC1CC1. The van der Waals surface area contributed by atoms with Crippen LogP contribution < -0.4 is 10.6 Å². The number of benzene rings is 1. The van der Waals surface area contributed by atoms with Crippen LogP contribution in [-0.2, 0) is 11.2 Å². The van der Waals surface area contributed by atoms with Crippen molar-refractivity contribution in [3.63, 3.8) is 0 Å². The third kappa shape index (κ3) is 3.97. The van der Waals surface area contributed by atoms with Crippen LogP contribution in [-0.4, -0.2) is 34.1 Å². The number of hydrogen-bond acceptors (Lipinski definition) is 3. The molecule has 1 fully saturated rings. The Morgan fingerprint density at radius 2 is 2.04 bits per heavy atom. The van der Waals surface area contributed by atoms with Gasteiger partial charge in [0.1, 0.15) is 6.04 Å². The highest BCUT2D eigenvalue weighted by atomic mass is 16.2. The highest BCUT2D eigenvalue weighted by Gasteiger charge is 2.29. The maximum Gasteiger partial charge on any atom is 0.255 e. The molecule has 1 heterocycles. The molecule has 1 aromatic carbocycles. The lowest BCUT2D eigenvalue weighted by Crippen LogP contribution is -2.48. The van der Waals surface area contributed by atoms with E-state index in [0.717, 1.165) is 18.4 Å². The van der Waals surface area contributed by atoms with Gasteiger partial charge in [0.05, 0.1) is 11.8 Å². The van der Waals surface area contributed by atoms with Gasteiger partial charge in [0, 0.05) is 18.2 Å². The molecule has 1 aliphatic rings. The molecule has 6 heteroatoms. The smallest absolute Gasteiger partial charge is 0.255 e. The van der Waals surface area contributed by atoms with E-state index in [-0.39, 0.29) is 17.9 Å². The van der Waals surface area contributed by atoms with E-state index >= 15 is 0 Å². The topological polar surface area (TPSA) is 86.9 Å². The van der Waals surface area contributed by atoms with E-state index in [1.165, 1.54) is 6.20 Å². The second kappa shape index (κ2) is 6.64. The second-order valence-electron chi connectivity index (χ2n) is 5.91. The van der Waals surface area contributed by atoms with Crippen LogP contribution in [0.25, 0.3) is 0 Å². The second-order valence-corrected chi connectivity index (χ2v) is 5.91. The summed E-state index contributed by atoms with van der Waals surface area (Å²) in [6, 6.07) is 9.34. The van der Waals surface area contributed by atoms with Crippen LogP contribution in [0.5, 0.6) is 0 Å². The maximum absolute atomic E-state index is 12.4. The fourth-order valence-corrected chi connectivity index (χ4v) is 2.40. The zero-order valence-electron chi connectivity index (χ0n) is 13.0. The molecule has 0 unspecified atom stereocenters. The van der Waals surface area contributed by atoms with Gasteiger partial charge in [-0.2, -0.15) is 5.10 Å². The number of amides is 2. The molecule has 3 N–H and O–H groups in total. The van der Waals surface area contributed by atoms with Crippen molar-refractivity contribution < 1.29 is 9.59 Å². The molecular weight excluding hydrogens is 292 g/mol. The highest BCUT2D eigenvalue weighted by molar-refractivity contribution is 5.98. The average molecular weight is 312 g/mol. The summed E-state index contributed by atoms with van der Waals surface area (Å²) in [4.78, 5) is 24.8. The molecule has 1 atom stereocenters. The third-order valence-corrected chi connectivity index (χ3v) is 3.90. The van der Waals surface area contributed by atoms with Crippen molar-refractivity contribution in [2.45, 2.75) is 38.3 Å². The van der Waals surface area contributed by atoms with Crippen LogP contribution in [0.15, 0.2) is 36.5 Å². The van der Waals surface area contributed by atoms with Crippen LogP contribution >= 0.6 is 0 Å². The quantitative estimate of drug-likeness (QED) is 0.752. The lowest BCUT2D eigenvalue weighted by molar-refractivity contribution is -0.123. The molecular formula is C17H20N4O2. The number of rotatable bonds is 6. The molecule has 0 radical (unpaired) electrons. The summed E-state index contributed by atoms with van der Waals surface area (Å²) in [7, 11) is 0. The Morgan fingerprint density at radius 3 is 2.65 bits per heavy atom. The van der Waals surface area contributed by atoms with E-state index in [1.54, 1.807) is 6.92 Å². The molecule has 120 valence electrons. The van der Waals surface area contributed by atoms with Crippen LogP contribution in [0.1, 0.15) is 34.5 Å². The molecule has 1 saturated carbocycles. The average Bonchev–Trinajstić information content (AvgIpc) is 3.25. The fraction of sp³-hybridized carbons (Fsp3) is 0.353. The first kappa shape index (κ1) is 15.3. The summed E-state index contributed by atoms with van der Waals surface area (Å²) < 4.78 is 0. The number of hydrogen-bond donors (Lipinski definition) is 3. The predicted octanol–water partition coefficient (Wildman–Crippen LogP) is 1.34. The van der Waals surface area contributed by atoms with Crippen molar-refractivity contribution in [2.75, 3.05) is 0 Å². The van der Waals surface area contributed by atoms with Gasteiger partial charge in [-0.05, 0) is 25.3 Å². The molecule has 23 heavy (non-hydrogen) atoms. The number of H-pyrrole nitrogens is 1. The maximum atomic E-state index is 12.4. The number of nitrogens with one attached hydrogen (secondary N) is 3. The Balaban J connectivity index is 1.72. The summed E-state index contributed by atoms with van der Waals surface area (Å²) in [6.07, 6.45) is 3.96. The van der Waals surface area contributed by atoms with Gasteiger partial charge < -0.3 is 10.6 Å². The van der Waals surface area contributed by atoms with Crippen LogP contribution in [0.3, 0.4) is 0 Å². The summed E-state index contributed by atoms with van der Waals surface area (Å²) in [6.45, 7) is 1.78. The van der Waals surface area contributed by atoms with Gasteiger partial charge in [-0.15, -0.1) is 0 Å². The van der Waals surface area contributed by atoms with Crippen LogP contribution in [0, 0.1) is 6.92 Å². The molecule has 0 aliphatic heterocycles. The molecule has 6 nitrogen and oxygen atoms in total. The lowest BCUT2D eigenvalue weighted by atomic mass is 10.0. The molecule has 3 rings (SSSR count). The van der Waals surface area contributed by atoms with Gasteiger partial charge >= 0.3 is 0 Å². The van der Waals surface area contributed by atoms with Crippen LogP contribution in [0.2, 0.25) is 0 Å². The summed E-state index contributed by atoms with van der Waals surface area (Å²) in [5.41, 5.74) is 2.15. The van der Waals surface area contributed by atoms with Crippen molar-refractivity contribution in [2.24, 2.45) is 0 Å². The van der Waals surface area contributed by atoms with Crippen molar-refractivity contribution >= 4 is 11.8 Å². The molecule has 1 aromatic heterocycles. The third-order valence-electron chi connectivity index (χ3n) is 3.90. The normalized spacial score (nSPS) is 15.0. The van der Waals surface area contributed by atoms with E-state index in [9.17, 15) is 9.59 Å². The van der Waals surface area contributed by atoms with Crippen molar-refractivity contribution in [3.05, 3.63) is 53.3 Å². The minimum Gasteiger partial charge on any atom is -0.352 e. The first-order chi connectivity index (χ1) is 11.1. The molecule has 1 aliphatic carbocycles. The Morgan fingerprint density at radius 1 is 1.30 bits per heavy atom. The van der Waals surface area contributed by atoms with Gasteiger partial charge in [0.2, 0.25) is 5.91 Å². The zero-order valence-corrected chi connectivity index (χ0v) is 13.0. The number of carbonyl (C=O) groups is 2. The van der Waals surface area contributed by atoms with Gasteiger partial charge in [0.25, 0.3) is 5.91 Å². The van der Waals surface area contributed by atoms with E-state index in [1.807, 2.05) is 30.3 Å². The summed E-state index contributed by atoms with van der Waals surface area (Å²) in [5, 5.41) is 12.4. The Bertz CT molecular complexity index is 692.